The molecule has 1 rings (SSSR count). The molecule has 1 nitrogen and oxygen atoms in total. The van der Waals surface area contributed by atoms with Crippen LogP contribution < -0.4 is 0 Å². The second kappa shape index (κ2) is 2.92. The molecule has 1 aliphatic carbocycles. The molecule has 2 heteroatoms. The van der Waals surface area contributed by atoms with Gasteiger partial charge in [-0.15, -0.1) is 0 Å². The fourth-order valence-corrected chi connectivity index (χ4v) is 0.939. The van der Waals surface area contributed by atoms with Gasteiger partial charge >= 0.3 is 0 Å². The lowest BCUT2D eigenvalue weighted by atomic mass is 10.2. The number of rotatable bonds is 1. The maximum absolute atomic E-state index is 8.67. The van der Waals surface area contributed by atoms with Gasteiger partial charge in [0.2, 0.25) is 0 Å². The first-order valence-corrected chi connectivity index (χ1v) is 3.39. The van der Waals surface area contributed by atoms with E-state index in [1.807, 2.05) is 6.08 Å². The minimum Gasteiger partial charge on any atom is -0.378 e. The van der Waals surface area contributed by atoms with Crippen LogP contribution in [0.15, 0.2) is 28.3 Å². The van der Waals surface area contributed by atoms with Crippen LogP contribution in [-0.2, 0) is 0 Å². The highest BCUT2D eigenvalue weighted by molar-refractivity contribution is 9.11. The van der Waals surface area contributed by atoms with Crippen molar-refractivity contribution in [2.45, 2.75) is 0 Å². The minimum atomic E-state index is 0.0674. The van der Waals surface area contributed by atoms with Crippen LogP contribution >= 0.6 is 15.9 Å². The zero-order valence-electron chi connectivity index (χ0n) is 4.76. The Hall–Kier alpha value is -0.430. The van der Waals surface area contributed by atoms with Crippen molar-refractivity contribution in [1.29, 1.82) is 0 Å². The molecule has 0 fully saturated rings. The van der Waals surface area contributed by atoms with Crippen LogP contribution in [-0.4, -0.2) is 11.7 Å². The molecule has 0 unspecified atom stereocenters. The lowest BCUT2D eigenvalue weighted by Gasteiger charge is -1.90. The molecule has 0 aliphatic heterocycles. The maximum Gasteiger partial charge on any atom is 0.133 e. The summed E-state index contributed by atoms with van der Waals surface area (Å²) in [5, 5.41) is 8.67. The lowest BCUT2D eigenvalue weighted by molar-refractivity contribution is 0.334. The van der Waals surface area contributed by atoms with Gasteiger partial charge in [-0.1, -0.05) is 0 Å². The van der Waals surface area contributed by atoms with Gasteiger partial charge in [0.05, 0.1) is 6.08 Å². The van der Waals surface area contributed by atoms with Crippen LogP contribution in [0.5, 0.6) is 0 Å². The SMILES string of the molecule is OCC1=C(Br)C=C[C+]=C1. The van der Waals surface area contributed by atoms with Crippen LogP contribution in [0, 0.1) is 6.08 Å². The van der Waals surface area contributed by atoms with Crippen LogP contribution in [0.25, 0.3) is 0 Å². The third-order valence-corrected chi connectivity index (χ3v) is 1.83. The molecule has 0 atom stereocenters. The van der Waals surface area contributed by atoms with Crippen LogP contribution in [0.3, 0.4) is 0 Å². The van der Waals surface area contributed by atoms with Gasteiger partial charge < -0.3 is 5.11 Å². The summed E-state index contributed by atoms with van der Waals surface area (Å²) in [5.41, 5.74) is 0.873. The third kappa shape index (κ3) is 1.49. The minimum absolute atomic E-state index is 0.0674. The largest absolute Gasteiger partial charge is 0.378 e. The Labute approximate surface area is 62.5 Å². The van der Waals surface area contributed by atoms with Crippen LogP contribution in [0.2, 0.25) is 0 Å². The Morgan fingerprint density at radius 2 is 2.44 bits per heavy atom. The zero-order valence-corrected chi connectivity index (χ0v) is 6.35. The van der Waals surface area contributed by atoms with E-state index in [0.717, 1.165) is 10.1 Å². The maximum atomic E-state index is 8.67. The normalized spacial score (nSPS) is 16.2. The van der Waals surface area contributed by atoms with E-state index in [4.69, 9.17) is 5.11 Å². The molecule has 0 aromatic rings. The molecule has 0 heterocycles. The monoisotopic (exact) mass is 185 g/mol. The number of aliphatic hydroxyl groups excluding tert-OH is 1. The fraction of sp³-hybridized carbons (Fsp3) is 0.143. The molecule has 0 amide bonds. The van der Waals surface area contributed by atoms with Crippen molar-refractivity contribution in [2.75, 3.05) is 6.61 Å². The summed E-state index contributed by atoms with van der Waals surface area (Å²) in [6, 6.07) is 0. The van der Waals surface area contributed by atoms with Crippen molar-refractivity contribution in [1.82, 2.24) is 0 Å². The molecule has 0 radical (unpaired) electrons. The molecule has 0 saturated heterocycles. The van der Waals surface area contributed by atoms with Gasteiger partial charge in [-0.05, 0) is 15.9 Å². The number of halogens is 1. The van der Waals surface area contributed by atoms with Gasteiger partial charge in [-0.3, -0.25) is 0 Å². The van der Waals surface area contributed by atoms with E-state index in [2.05, 4.69) is 22.0 Å². The molecule has 1 aliphatic rings. The van der Waals surface area contributed by atoms with Crippen molar-refractivity contribution in [3.05, 3.63) is 34.4 Å². The Balaban J connectivity index is 2.88. The molecule has 0 aromatic carbocycles. The molecule has 0 bridgehead atoms. The first kappa shape index (κ1) is 6.69. The first-order valence-electron chi connectivity index (χ1n) is 2.60. The summed E-state index contributed by atoms with van der Waals surface area (Å²) < 4.78 is 0.934. The Bertz CT molecular complexity index is 189. The van der Waals surface area contributed by atoms with Crippen molar-refractivity contribution in [3.63, 3.8) is 0 Å². The van der Waals surface area contributed by atoms with E-state index in [1.165, 1.54) is 0 Å². The summed E-state index contributed by atoms with van der Waals surface area (Å²) >= 11 is 3.28. The van der Waals surface area contributed by atoms with Crippen molar-refractivity contribution in [2.24, 2.45) is 0 Å². The highest BCUT2D eigenvalue weighted by Crippen LogP contribution is 2.17. The van der Waals surface area contributed by atoms with E-state index < -0.39 is 0 Å². The van der Waals surface area contributed by atoms with E-state index >= 15 is 0 Å². The van der Waals surface area contributed by atoms with Gasteiger partial charge in [-0.2, -0.15) is 0 Å². The highest BCUT2D eigenvalue weighted by atomic mass is 79.9. The summed E-state index contributed by atoms with van der Waals surface area (Å²) in [5.74, 6) is 0. The number of hydrogen-bond acceptors (Lipinski definition) is 1. The van der Waals surface area contributed by atoms with E-state index in [0.29, 0.717) is 0 Å². The molecular formula is C7H6BrO+. The number of allylic oxidation sites excluding steroid dienone is 4. The van der Waals surface area contributed by atoms with Gasteiger partial charge in [0.1, 0.15) is 28.8 Å². The van der Waals surface area contributed by atoms with Crippen LogP contribution in [0.1, 0.15) is 0 Å². The Morgan fingerprint density at radius 1 is 1.67 bits per heavy atom. The van der Waals surface area contributed by atoms with Gasteiger partial charge in [0, 0.05) is 6.08 Å². The standard InChI is InChI=1S/C7H6BrO/c8-7-4-2-1-3-6(7)5-9/h2-4,9H,5H2/q+1. The summed E-state index contributed by atoms with van der Waals surface area (Å²) in [7, 11) is 0. The Morgan fingerprint density at radius 3 is 2.89 bits per heavy atom. The molecule has 9 heavy (non-hydrogen) atoms. The van der Waals surface area contributed by atoms with Gasteiger partial charge in [-0.25, -0.2) is 0 Å². The molecule has 1 N–H and O–H groups in total. The fourth-order valence-electron chi connectivity index (χ4n) is 0.567. The summed E-state index contributed by atoms with van der Waals surface area (Å²) in [4.78, 5) is 0. The number of aliphatic hydroxyl groups is 1. The van der Waals surface area contributed by atoms with Gasteiger partial charge in [0.25, 0.3) is 0 Å². The zero-order chi connectivity index (χ0) is 6.69. The van der Waals surface area contributed by atoms with Crippen molar-refractivity contribution >= 4 is 15.9 Å². The van der Waals surface area contributed by atoms with Crippen LogP contribution in [0.4, 0.5) is 0 Å². The third-order valence-electron chi connectivity index (χ3n) is 1.06. The van der Waals surface area contributed by atoms with Crippen molar-refractivity contribution < 1.29 is 5.11 Å². The first-order chi connectivity index (χ1) is 4.34. The highest BCUT2D eigenvalue weighted by Gasteiger charge is 2.07. The summed E-state index contributed by atoms with van der Waals surface area (Å²) in [6.45, 7) is 0.0674. The van der Waals surface area contributed by atoms with Gasteiger partial charge in [0.15, 0.2) is 0 Å². The number of hydrogen-bond donors (Lipinski definition) is 1. The second-order valence-electron chi connectivity index (χ2n) is 1.68. The van der Waals surface area contributed by atoms with E-state index in [-0.39, 0.29) is 6.61 Å². The lowest BCUT2D eigenvalue weighted by Crippen LogP contribution is -1.89. The van der Waals surface area contributed by atoms with Crippen molar-refractivity contribution in [3.8, 4) is 0 Å². The molecular weight excluding hydrogens is 180 g/mol. The topological polar surface area (TPSA) is 20.2 Å². The molecule has 46 valence electrons. The smallest absolute Gasteiger partial charge is 0.133 e. The Kier molecular flexibility index (Phi) is 2.17. The molecule has 0 spiro atoms. The predicted molar refractivity (Wildman–Crippen MR) is 40.0 cm³/mol. The average Bonchev–Trinajstić information content (AvgIpc) is 1.89. The second-order valence-corrected chi connectivity index (χ2v) is 2.53. The predicted octanol–water partition coefficient (Wildman–Crippen LogP) is 1.56. The molecule has 0 aromatic heterocycles. The van der Waals surface area contributed by atoms with E-state index in [9.17, 15) is 0 Å². The molecule has 0 saturated carbocycles. The van der Waals surface area contributed by atoms with E-state index in [1.54, 1.807) is 12.2 Å². The average molecular weight is 186 g/mol. The summed E-state index contributed by atoms with van der Waals surface area (Å²) in [6.07, 6.45) is 8.26. The quantitative estimate of drug-likeness (QED) is 0.616.